The van der Waals surface area contributed by atoms with Gasteiger partial charge in [-0.2, -0.15) is 4.57 Å². The van der Waals surface area contributed by atoms with E-state index >= 15 is 0 Å². The van der Waals surface area contributed by atoms with Gasteiger partial charge in [0.2, 0.25) is 11.0 Å². The van der Waals surface area contributed by atoms with Gasteiger partial charge < -0.3 is 32.1 Å². The number of ether oxygens (including phenoxy) is 1. The van der Waals surface area contributed by atoms with Crippen molar-refractivity contribution in [3.05, 3.63) is 78.4 Å². The number of aromatic nitrogens is 2. The Bertz CT molecular complexity index is 2410. The number of esters is 1. The van der Waals surface area contributed by atoms with Crippen LogP contribution in [0.4, 0.5) is 25.2 Å². The van der Waals surface area contributed by atoms with E-state index in [-0.39, 0.29) is 11.7 Å². The monoisotopic (exact) mass is 796 g/mol. The van der Waals surface area contributed by atoms with Crippen molar-refractivity contribution in [2.24, 2.45) is 0 Å². The van der Waals surface area contributed by atoms with Crippen molar-refractivity contribution < 1.29 is 62.1 Å². The molecule has 2 aliphatic rings. The van der Waals surface area contributed by atoms with Crippen LogP contribution in [0, 0.1) is 6.92 Å². The van der Waals surface area contributed by atoms with Gasteiger partial charge in [0.05, 0.1) is 39.7 Å². The summed E-state index contributed by atoms with van der Waals surface area (Å²) in [4.78, 5) is 12.6. The average Bonchev–Trinajstić information content (AvgIpc) is 3.11. The van der Waals surface area contributed by atoms with Gasteiger partial charge >= 0.3 is 47.8 Å². The number of unbranched alkanes of at least 4 members (excludes halogenated alkanes) is 1. The third-order valence-electron chi connectivity index (χ3n) is 9.27. The summed E-state index contributed by atoms with van der Waals surface area (Å²) < 4.78 is 92.3. The Balaban J connectivity index is 0.000000649. The minimum atomic E-state index is -10.7. The number of aryl methyl sites for hydroxylation is 2. The topological polar surface area (TPSA) is 96.2 Å². The summed E-state index contributed by atoms with van der Waals surface area (Å²) in [7, 11) is -8.51. The molecule has 0 amide bonds. The van der Waals surface area contributed by atoms with E-state index < -0.39 is 16.6 Å². The molecule has 2 aliphatic heterocycles. The zero-order valence-electron chi connectivity index (χ0n) is 29.9. The Labute approximate surface area is 306 Å². The first kappa shape index (κ1) is 39.2. The number of nitrogens with zero attached hydrogens (tertiary/aromatic N) is 2. The molecule has 0 aliphatic carbocycles. The first-order valence-corrected chi connectivity index (χ1v) is 21.0. The van der Waals surface area contributed by atoms with Crippen LogP contribution in [0.5, 0.6) is 5.75 Å². The summed E-state index contributed by atoms with van der Waals surface area (Å²) in [5.41, 5.74) is 9.61. The molecule has 0 spiro atoms. The van der Waals surface area contributed by atoms with Gasteiger partial charge in [0, 0.05) is 57.9 Å². The number of phenolic OH excluding ortho intramolecular Hbond substituents is 1. The normalized spacial score (nSPS) is 13.8. The van der Waals surface area contributed by atoms with Crippen LogP contribution in [0.15, 0.2) is 77.2 Å². The van der Waals surface area contributed by atoms with E-state index in [0.717, 1.165) is 67.1 Å². The van der Waals surface area contributed by atoms with Gasteiger partial charge in [-0.3, -0.25) is 4.79 Å². The number of rotatable bonds is 13. The Kier molecular flexibility index (Phi) is 10.2. The molecule has 0 fully saturated rings. The Hall–Kier alpha value is -4.47. The summed E-state index contributed by atoms with van der Waals surface area (Å²) in [6.45, 7) is 2.98. The number of hydrogen-bond donors (Lipinski definition) is 1. The Morgan fingerprint density at radius 3 is 2.09 bits per heavy atom. The summed E-state index contributed by atoms with van der Waals surface area (Å²) >= 11 is 0. The van der Waals surface area contributed by atoms with Gasteiger partial charge in [0.1, 0.15) is 16.9 Å². The van der Waals surface area contributed by atoms with Crippen LogP contribution in [0.1, 0.15) is 31.2 Å². The van der Waals surface area contributed by atoms with Gasteiger partial charge in [-0.25, -0.2) is 0 Å². The molecular weight excluding hydrogens is 757 g/mol. The number of hydrogen-bond acceptors (Lipinski definition) is 7. The second-order valence-corrected chi connectivity index (χ2v) is 18.0. The number of carbonyl (C=O) groups excluding carboxylic acids is 1. The van der Waals surface area contributed by atoms with Gasteiger partial charge in [-0.05, 0) is 61.7 Å². The van der Waals surface area contributed by atoms with E-state index in [1.165, 1.54) is 0 Å². The van der Waals surface area contributed by atoms with Crippen LogP contribution in [0.3, 0.4) is 0 Å². The number of carbonyl (C=O) groups is 1. The van der Waals surface area contributed by atoms with Crippen molar-refractivity contribution >= 4 is 66.6 Å². The maximum atomic E-state index is 12.6. The first-order chi connectivity index (χ1) is 25.3. The number of pyridine rings is 2. The first-order valence-electron chi connectivity index (χ1n) is 17.0. The fraction of sp³-hybridized carbons (Fsp3) is 0.297. The van der Waals surface area contributed by atoms with Crippen LogP contribution in [0.25, 0.3) is 60.8 Å². The van der Waals surface area contributed by atoms with E-state index in [1.807, 2.05) is 43.3 Å². The van der Waals surface area contributed by atoms with Crippen LogP contribution in [-0.2, 0) is 29.4 Å². The van der Waals surface area contributed by atoms with Crippen LogP contribution >= 0.6 is 7.81 Å². The van der Waals surface area contributed by atoms with E-state index in [2.05, 4.69) is 39.5 Å². The van der Waals surface area contributed by atoms with E-state index in [4.69, 9.17) is 22.4 Å². The van der Waals surface area contributed by atoms with Gasteiger partial charge in [-0.1, -0.05) is 24.3 Å². The van der Waals surface area contributed by atoms with Crippen molar-refractivity contribution in [3.8, 4) is 22.6 Å². The van der Waals surface area contributed by atoms with Gasteiger partial charge in [-0.15, -0.1) is 0 Å². The average molecular weight is 797 g/mol. The molecule has 1 aromatic heterocycles. The molecule has 5 aromatic rings. The van der Waals surface area contributed by atoms with Crippen LogP contribution < -0.4 is 4.57 Å². The predicted octanol–water partition coefficient (Wildman–Crippen LogP) is 10.9. The number of phenols is 1. The summed E-state index contributed by atoms with van der Waals surface area (Å²) in [5.74, 6) is -0.00172. The molecule has 0 atom stereocenters. The second-order valence-electron chi connectivity index (χ2n) is 13.0. The van der Waals surface area contributed by atoms with Crippen molar-refractivity contribution in [3.63, 3.8) is 0 Å². The Morgan fingerprint density at radius 2 is 1.41 bits per heavy atom. The molecule has 17 heteroatoms. The Morgan fingerprint density at radius 1 is 0.796 bits per heavy atom. The van der Waals surface area contributed by atoms with E-state index in [1.54, 1.807) is 27.4 Å². The third-order valence-corrected chi connectivity index (χ3v) is 12.1. The quantitative estimate of drug-likeness (QED) is 0.0181. The molecule has 0 radical (unpaired) electrons. The molecule has 9 nitrogen and oxygen atoms in total. The van der Waals surface area contributed by atoms with Gasteiger partial charge in [0.15, 0.2) is 6.54 Å². The van der Waals surface area contributed by atoms with E-state index in [9.17, 15) is 35.1 Å². The van der Waals surface area contributed by atoms with Crippen molar-refractivity contribution in [2.45, 2.75) is 45.2 Å². The predicted molar refractivity (Wildman–Crippen MR) is 197 cm³/mol. The second kappa shape index (κ2) is 14.0. The molecule has 0 saturated carbocycles. The van der Waals surface area contributed by atoms with Crippen LogP contribution in [0.2, 0.25) is 6.04 Å². The fourth-order valence-corrected chi connectivity index (χ4v) is 8.83. The van der Waals surface area contributed by atoms with Crippen molar-refractivity contribution in [1.29, 1.82) is 0 Å². The molecule has 290 valence electrons. The molecule has 0 unspecified atom stereocenters. The molecule has 1 N–H and O–H groups in total. The summed E-state index contributed by atoms with van der Waals surface area (Å²) in [5, 5.41) is 13.3. The zero-order valence-corrected chi connectivity index (χ0v) is 31.8. The zero-order chi connectivity index (χ0) is 39.1. The molecule has 3 heterocycles. The van der Waals surface area contributed by atoms with E-state index in [0.29, 0.717) is 44.1 Å². The number of benzene rings is 4. The maximum absolute atomic E-state index is 12.6. The third kappa shape index (κ3) is 8.42. The molecule has 54 heavy (non-hydrogen) atoms. The van der Waals surface area contributed by atoms with Crippen LogP contribution in [-0.4, -0.2) is 52.4 Å². The molecule has 0 saturated heterocycles. The van der Waals surface area contributed by atoms with Crippen molar-refractivity contribution in [1.82, 2.24) is 4.57 Å². The summed E-state index contributed by atoms with van der Waals surface area (Å²) in [6, 6.07) is 24.9. The minimum absolute atomic E-state index is 0.207. The van der Waals surface area contributed by atoms with Crippen molar-refractivity contribution in [2.75, 3.05) is 27.9 Å². The fourth-order valence-electron chi connectivity index (χ4n) is 7.03. The number of halogens is 6. The SMILES string of the molecule is CO[Si](CCCCC(=O)OCCC[n+]1c2cccc3oc4cccc5c4-c(c32)c2c(cccc21)n5-c1cc(C)ccc1O)(OC)OC.F[P-](F)(F)(F)(F)F. The molecule has 4 aromatic carbocycles. The standard InChI is InChI=1S/C37H38N2O7Si.F6P/c1-24-18-19-30(40)29(23-24)39-27-13-7-11-25-34(27)37-35-26(12-8-15-31(35)46-32-16-9-14-28(39)36(32)37)38(25)20-10-21-45-33(41)17-5-6-22-47(42-2,43-3)44-4;1-7(2,3,4,5)6/h7-9,11-16,18-19,23H,5-6,10,17,20-22H2,1-4H3;/q;-1/p+1. The number of aromatic hydroxyl groups is 1. The van der Waals surface area contributed by atoms with Gasteiger partial charge in [0.25, 0.3) is 0 Å². The summed E-state index contributed by atoms with van der Waals surface area (Å²) in [6.07, 6.45) is 2.42. The molecular formula is C37H39F6N2O7PSi. The molecule has 7 rings (SSSR count). The molecule has 0 bridgehead atoms.